The molecule has 2 nitrogen and oxygen atoms in total. The van der Waals surface area contributed by atoms with E-state index in [0.717, 1.165) is 0 Å². The number of hydrogen-bond donors (Lipinski definition) is 0. The quantitative estimate of drug-likeness (QED) is 0.495. The molecule has 2 heteroatoms. The van der Waals surface area contributed by atoms with Crippen molar-refractivity contribution in [1.29, 1.82) is 0 Å². The molecule has 0 spiro atoms. The van der Waals surface area contributed by atoms with E-state index in [0.29, 0.717) is 12.8 Å². The molecule has 0 heterocycles. The fraction of sp³-hybridized carbons (Fsp3) is 0.727. The zero-order chi connectivity index (χ0) is 10.5. The Balaban J connectivity index is 3.72. The largest absolute Gasteiger partial charge is 0.460 e. The maximum Gasteiger partial charge on any atom is 0.306 e. The third-order valence-electron chi connectivity index (χ3n) is 1.49. The predicted molar refractivity (Wildman–Crippen MR) is 53.1 cm³/mol. The highest BCUT2D eigenvalue weighted by Gasteiger charge is 2.16. The van der Waals surface area contributed by atoms with E-state index in [-0.39, 0.29) is 11.9 Å². The Bertz CT molecular complexity index is 205. The first-order valence-corrected chi connectivity index (χ1v) is 4.53. The van der Waals surface area contributed by atoms with Crippen LogP contribution in [-0.2, 0) is 9.53 Å². The van der Waals surface area contributed by atoms with Crippen LogP contribution in [0.25, 0.3) is 0 Å². The number of esters is 1. The van der Waals surface area contributed by atoms with Crippen LogP contribution < -0.4 is 0 Å². The van der Waals surface area contributed by atoms with Crippen LogP contribution >= 0.6 is 0 Å². The summed E-state index contributed by atoms with van der Waals surface area (Å²) in [6.45, 7) is 7.49. The molecule has 0 saturated heterocycles. The van der Waals surface area contributed by atoms with E-state index >= 15 is 0 Å². The van der Waals surface area contributed by atoms with Gasteiger partial charge in [-0.2, -0.15) is 0 Å². The molecule has 0 aromatic heterocycles. The van der Waals surface area contributed by atoms with E-state index < -0.39 is 5.60 Å². The maximum absolute atomic E-state index is 11.2. The monoisotopic (exact) mass is 182 g/mol. The van der Waals surface area contributed by atoms with Crippen LogP contribution in [-0.4, -0.2) is 11.6 Å². The molecule has 0 aliphatic heterocycles. The van der Waals surface area contributed by atoms with Crippen molar-refractivity contribution in [3.63, 3.8) is 0 Å². The first-order chi connectivity index (χ1) is 5.85. The molecule has 0 radical (unpaired) electrons. The Labute approximate surface area is 80.7 Å². The first kappa shape index (κ1) is 12.0. The van der Waals surface area contributed by atoms with Crippen molar-refractivity contribution in [2.45, 2.75) is 46.1 Å². The standard InChI is InChI=1S/C11H18O2/c1-6-9(2)7-8-10(12)13-11(3,4)5/h1,9H,7-8H2,2-5H3. The molecule has 0 rings (SSSR count). The van der Waals surface area contributed by atoms with Crippen LogP contribution in [0.1, 0.15) is 40.5 Å². The van der Waals surface area contributed by atoms with Crippen molar-refractivity contribution in [2.24, 2.45) is 5.92 Å². The molecule has 0 aromatic rings. The SMILES string of the molecule is C#CC(C)CCC(=O)OC(C)(C)C. The van der Waals surface area contributed by atoms with Gasteiger partial charge in [-0.05, 0) is 27.2 Å². The van der Waals surface area contributed by atoms with Crippen LogP contribution in [0.4, 0.5) is 0 Å². The molecule has 0 aromatic carbocycles. The normalized spacial score (nSPS) is 13.2. The highest BCUT2D eigenvalue weighted by atomic mass is 16.6. The second-order valence-corrected chi connectivity index (χ2v) is 4.19. The summed E-state index contributed by atoms with van der Waals surface area (Å²) in [6, 6.07) is 0. The topological polar surface area (TPSA) is 26.3 Å². The van der Waals surface area contributed by atoms with Crippen molar-refractivity contribution in [3.05, 3.63) is 0 Å². The minimum atomic E-state index is -0.392. The summed E-state index contributed by atoms with van der Waals surface area (Å²) in [7, 11) is 0. The van der Waals surface area contributed by atoms with Crippen LogP contribution in [0, 0.1) is 18.3 Å². The zero-order valence-electron chi connectivity index (χ0n) is 8.89. The van der Waals surface area contributed by atoms with E-state index in [1.165, 1.54) is 0 Å². The summed E-state index contributed by atoms with van der Waals surface area (Å²) < 4.78 is 5.13. The molecule has 1 atom stereocenters. The molecule has 0 saturated carbocycles. The lowest BCUT2D eigenvalue weighted by molar-refractivity contribution is -0.155. The fourth-order valence-corrected chi connectivity index (χ4v) is 0.810. The van der Waals surface area contributed by atoms with E-state index in [1.54, 1.807) is 0 Å². The average molecular weight is 182 g/mol. The van der Waals surface area contributed by atoms with Crippen LogP contribution in [0.2, 0.25) is 0 Å². The number of ether oxygens (including phenoxy) is 1. The molecule has 0 fully saturated rings. The molecule has 0 amide bonds. The van der Waals surface area contributed by atoms with Gasteiger partial charge >= 0.3 is 5.97 Å². The van der Waals surface area contributed by atoms with Gasteiger partial charge in [0, 0.05) is 12.3 Å². The molecule has 1 unspecified atom stereocenters. The second kappa shape index (κ2) is 4.91. The highest BCUT2D eigenvalue weighted by molar-refractivity contribution is 5.69. The van der Waals surface area contributed by atoms with Crippen molar-refractivity contribution >= 4 is 5.97 Å². The molecule has 0 aliphatic rings. The molecular weight excluding hydrogens is 164 g/mol. The lowest BCUT2D eigenvalue weighted by Gasteiger charge is -2.19. The van der Waals surface area contributed by atoms with Gasteiger partial charge in [0.1, 0.15) is 5.60 Å². The van der Waals surface area contributed by atoms with E-state index in [4.69, 9.17) is 11.2 Å². The Hall–Kier alpha value is -0.970. The number of terminal acetylenes is 1. The predicted octanol–water partition coefficient (Wildman–Crippen LogP) is 2.38. The zero-order valence-corrected chi connectivity index (χ0v) is 8.89. The Morgan fingerprint density at radius 3 is 2.46 bits per heavy atom. The van der Waals surface area contributed by atoms with Gasteiger partial charge in [-0.25, -0.2) is 0 Å². The minimum absolute atomic E-state index is 0.146. The van der Waals surface area contributed by atoms with Crippen LogP contribution in [0.5, 0.6) is 0 Å². The Morgan fingerprint density at radius 1 is 1.54 bits per heavy atom. The van der Waals surface area contributed by atoms with Gasteiger partial charge in [0.25, 0.3) is 0 Å². The van der Waals surface area contributed by atoms with Gasteiger partial charge in [-0.1, -0.05) is 6.92 Å². The summed E-state index contributed by atoms with van der Waals surface area (Å²) in [4.78, 5) is 11.2. The van der Waals surface area contributed by atoms with Gasteiger partial charge in [0.05, 0.1) is 0 Å². The second-order valence-electron chi connectivity index (χ2n) is 4.19. The number of hydrogen-bond acceptors (Lipinski definition) is 2. The third kappa shape index (κ3) is 7.39. The molecule has 0 N–H and O–H groups in total. The average Bonchev–Trinajstić information content (AvgIpc) is 1.97. The summed E-state index contributed by atoms with van der Waals surface area (Å²) in [6.07, 6.45) is 6.29. The van der Waals surface area contributed by atoms with Crippen molar-refractivity contribution < 1.29 is 9.53 Å². The summed E-state index contributed by atoms with van der Waals surface area (Å²) in [5, 5.41) is 0. The number of carbonyl (C=O) groups excluding carboxylic acids is 1. The van der Waals surface area contributed by atoms with Crippen LogP contribution in [0.15, 0.2) is 0 Å². The Morgan fingerprint density at radius 2 is 2.08 bits per heavy atom. The molecule has 74 valence electrons. The number of rotatable bonds is 3. The first-order valence-electron chi connectivity index (χ1n) is 4.53. The van der Waals surface area contributed by atoms with Gasteiger partial charge in [-0.3, -0.25) is 4.79 Å². The molecular formula is C11H18O2. The summed E-state index contributed by atoms with van der Waals surface area (Å²) in [5.74, 6) is 2.55. The van der Waals surface area contributed by atoms with E-state index in [2.05, 4.69) is 5.92 Å². The van der Waals surface area contributed by atoms with Crippen molar-refractivity contribution in [2.75, 3.05) is 0 Å². The molecule has 0 aliphatic carbocycles. The van der Waals surface area contributed by atoms with Gasteiger partial charge < -0.3 is 4.74 Å². The fourth-order valence-electron chi connectivity index (χ4n) is 0.810. The number of carbonyl (C=O) groups is 1. The van der Waals surface area contributed by atoms with Crippen molar-refractivity contribution in [3.8, 4) is 12.3 Å². The van der Waals surface area contributed by atoms with Crippen molar-refractivity contribution in [1.82, 2.24) is 0 Å². The van der Waals surface area contributed by atoms with Gasteiger partial charge in [0.2, 0.25) is 0 Å². The maximum atomic E-state index is 11.2. The van der Waals surface area contributed by atoms with E-state index in [9.17, 15) is 4.79 Å². The lowest BCUT2D eigenvalue weighted by atomic mass is 10.1. The molecule has 13 heavy (non-hydrogen) atoms. The third-order valence-corrected chi connectivity index (χ3v) is 1.49. The smallest absolute Gasteiger partial charge is 0.306 e. The lowest BCUT2D eigenvalue weighted by Crippen LogP contribution is -2.23. The Kier molecular flexibility index (Phi) is 4.55. The summed E-state index contributed by atoms with van der Waals surface area (Å²) >= 11 is 0. The highest BCUT2D eigenvalue weighted by Crippen LogP contribution is 2.11. The van der Waals surface area contributed by atoms with Gasteiger partial charge in [-0.15, -0.1) is 12.3 Å². The minimum Gasteiger partial charge on any atom is -0.460 e. The van der Waals surface area contributed by atoms with Gasteiger partial charge in [0.15, 0.2) is 0 Å². The van der Waals surface area contributed by atoms with Crippen LogP contribution in [0.3, 0.4) is 0 Å². The summed E-state index contributed by atoms with van der Waals surface area (Å²) in [5.41, 5.74) is -0.392. The molecule has 0 bridgehead atoms. The van der Waals surface area contributed by atoms with E-state index in [1.807, 2.05) is 27.7 Å².